The maximum atomic E-state index is 14.8. The number of hydrogen-bond acceptors (Lipinski definition) is 3. The van der Waals surface area contributed by atoms with Gasteiger partial charge >= 0.3 is 0 Å². The van der Waals surface area contributed by atoms with E-state index >= 15 is 0 Å². The fourth-order valence-electron chi connectivity index (χ4n) is 3.45. The van der Waals surface area contributed by atoms with Gasteiger partial charge < -0.3 is 11.1 Å². The summed E-state index contributed by atoms with van der Waals surface area (Å²) in [6, 6.07) is 0. The molecule has 2 amide bonds. The Hall–Kier alpha value is -1.60. The highest BCUT2D eigenvalue weighted by Crippen LogP contribution is 2.46. The summed E-state index contributed by atoms with van der Waals surface area (Å²) >= 11 is 0. The van der Waals surface area contributed by atoms with Gasteiger partial charge in [0.2, 0.25) is 11.7 Å². The molecule has 2 atom stereocenters. The van der Waals surface area contributed by atoms with Gasteiger partial charge in [0, 0.05) is 18.8 Å². The van der Waals surface area contributed by atoms with Gasteiger partial charge in [0.05, 0.1) is 0 Å². The number of ketones is 1. The van der Waals surface area contributed by atoms with E-state index in [-0.39, 0.29) is 19.3 Å². The number of hydrogen-bond donors (Lipinski definition) is 2. The molecule has 1 aliphatic rings. The smallest absolute Gasteiger partial charge is 0.287 e. The molecule has 0 saturated heterocycles. The van der Waals surface area contributed by atoms with Crippen molar-refractivity contribution < 1.29 is 27.6 Å². The zero-order valence-corrected chi connectivity index (χ0v) is 15.0. The quantitative estimate of drug-likeness (QED) is 0.584. The number of amides is 2. The zero-order valence-electron chi connectivity index (χ0n) is 15.0. The molecule has 1 fully saturated rings. The van der Waals surface area contributed by atoms with Crippen molar-refractivity contribution in [2.45, 2.75) is 82.8 Å². The number of halogens is 3. The minimum atomic E-state index is -3.14. The van der Waals surface area contributed by atoms with Crippen LogP contribution in [0.15, 0.2) is 0 Å². The van der Waals surface area contributed by atoms with Crippen molar-refractivity contribution in [2.24, 2.45) is 11.7 Å². The lowest BCUT2D eigenvalue weighted by Gasteiger charge is -2.46. The summed E-state index contributed by atoms with van der Waals surface area (Å²) in [6.45, 7) is 5.21. The first-order chi connectivity index (χ1) is 11.4. The van der Waals surface area contributed by atoms with Gasteiger partial charge in [-0.15, -0.1) is 0 Å². The molecule has 0 spiro atoms. The van der Waals surface area contributed by atoms with Crippen molar-refractivity contribution in [1.82, 2.24) is 5.32 Å². The molecule has 0 aromatic heterocycles. The van der Waals surface area contributed by atoms with E-state index < -0.39 is 53.5 Å². The van der Waals surface area contributed by atoms with E-state index in [1.54, 1.807) is 13.8 Å². The Morgan fingerprint density at radius 3 is 2.12 bits per heavy atom. The number of alkyl halides is 3. The lowest BCUT2D eigenvalue weighted by atomic mass is 9.69. The lowest BCUT2D eigenvalue weighted by molar-refractivity contribution is -0.168. The predicted octanol–water partition coefficient (Wildman–Crippen LogP) is 2.66. The number of rotatable bonds is 10. The van der Waals surface area contributed by atoms with Crippen molar-refractivity contribution in [1.29, 1.82) is 0 Å². The average molecular weight is 364 g/mol. The van der Waals surface area contributed by atoms with E-state index in [1.165, 1.54) is 0 Å². The Labute approximate surface area is 145 Å². The van der Waals surface area contributed by atoms with Gasteiger partial charge in [-0.05, 0) is 25.7 Å². The van der Waals surface area contributed by atoms with Crippen LogP contribution in [0.3, 0.4) is 0 Å². The first-order valence-electron chi connectivity index (χ1n) is 8.67. The molecule has 25 heavy (non-hydrogen) atoms. The summed E-state index contributed by atoms with van der Waals surface area (Å²) < 4.78 is 41.4. The van der Waals surface area contributed by atoms with Crippen LogP contribution in [-0.2, 0) is 14.4 Å². The maximum absolute atomic E-state index is 14.8. The molecule has 8 heteroatoms. The zero-order chi connectivity index (χ0) is 19.5. The standard InChI is InChI=1S/C17H27F3N2O3/c1-4-7-15(18,6-3)8-11(5-2)14(25)22-16(12(23)13(21)24)9-17(19,20)10-16/h11H,4-10H2,1-3H3,(H2,21,24)(H,22,25). The van der Waals surface area contributed by atoms with Crippen molar-refractivity contribution in [2.75, 3.05) is 0 Å². The third kappa shape index (κ3) is 4.95. The van der Waals surface area contributed by atoms with Crippen LogP contribution in [0.1, 0.15) is 65.7 Å². The Morgan fingerprint density at radius 2 is 1.76 bits per heavy atom. The molecule has 0 heterocycles. The molecular weight excluding hydrogens is 337 g/mol. The van der Waals surface area contributed by atoms with Crippen LogP contribution in [0.4, 0.5) is 13.2 Å². The highest BCUT2D eigenvalue weighted by molar-refractivity contribution is 6.39. The Balaban J connectivity index is 2.91. The summed E-state index contributed by atoms with van der Waals surface area (Å²) in [4.78, 5) is 35.6. The SMILES string of the molecule is CCCC(F)(CC)CC(CC)C(=O)NC1(C(=O)C(N)=O)CC(F)(F)C1. The molecule has 0 bridgehead atoms. The van der Waals surface area contributed by atoms with Gasteiger partial charge in [-0.3, -0.25) is 14.4 Å². The normalized spacial score (nSPS) is 21.5. The first-order valence-corrected chi connectivity index (χ1v) is 8.67. The molecule has 1 aliphatic carbocycles. The largest absolute Gasteiger partial charge is 0.363 e. The fourth-order valence-corrected chi connectivity index (χ4v) is 3.45. The van der Waals surface area contributed by atoms with E-state index in [4.69, 9.17) is 5.73 Å². The second kappa shape index (κ2) is 7.74. The van der Waals surface area contributed by atoms with Crippen LogP contribution in [0.5, 0.6) is 0 Å². The predicted molar refractivity (Wildman–Crippen MR) is 86.7 cm³/mol. The molecule has 5 nitrogen and oxygen atoms in total. The van der Waals surface area contributed by atoms with E-state index in [2.05, 4.69) is 5.32 Å². The van der Waals surface area contributed by atoms with Gasteiger partial charge in [-0.1, -0.05) is 27.2 Å². The molecule has 2 unspecified atom stereocenters. The monoisotopic (exact) mass is 364 g/mol. The molecule has 0 aromatic carbocycles. The minimum absolute atomic E-state index is 0.0586. The summed E-state index contributed by atoms with van der Waals surface area (Å²) in [5.74, 6) is -7.22. The number of carbonyl (C=O) groups excluding carboxylic acids is 3. The Morgan fingerprint density at radius 1 is 1.20 bits per heavy atom. The van der Waals surface area contributed by atoms with Gasteiger partial charge in [-0.2, -0.15) is 0 Å². The van der Waals surface area contributed by atoms with Crippen LogP contribution in [0.25, 0.3) is 0 Å². The lowest BCUT2D eigenvalue weighted by Crippen LogP contribution is -2.69. The molecule has 0 aliphatic heterocycles. The van der Waals surface area contributed by atoms with Gasteiger partial charge in [0.1, 0.15) is 11.2 Å². The van der Waals surface area contributed by atoms with Crippen molar-refractivity contribution in [3.05, 3.63) is 0 Å². The summed E-state index contributed by atoms with van der Waals surface area (Å²) in [6.07, 6.45) is -0.570. The molecule has 0 radical (unpaired) electrons. The van der Waals surface area contributed by atoms with E-state index in [0.29, 0.717) is 12.8 Å². The number of nitrogens with two attached hydrogens (primary N) is 1. The van der Waals surface area contributed by atoms with Crippen LogP contribution in [0, 0.1) is 5.92 Å². The molecule has 1 rings (SSSR count). The molecule has 144 valence electrons. The number of carbonyl (C=O) groups is 3. The van der Waals surface area contributed by atoms with E-state index in [0.717, 1.165) is 0 Å². The number of Topliss-reactive ketones (excluding diaryl/α,β-unsaturated/α-hetero) is 1. The average Bonchev–Trinajstić information content (AvgIpc) is 2.49. The third-order valence-electron chi connectivity index (χ3n) is 4.95. The molecular formula is C17H27F3N2O3. The maximum Gasteiger partial charge on any atom is 0.287 e. The van der Waals surface area contributed by atoms with Crippen LogP contribution < -0.4 is 11.1 Å². The topological polar surface area (TPSA) is 89.3 Å². The van der Waals surface area contributed by atoms with E-state index in [9.17, 15) is 27.6 Å². The molecule has 3 N–H and O–H groups in total. The number of primary amides is 1. The minimum Gasteiger partial charge on any atom is -0.363 e. The van der Waals surface area contributed by atoms with Crippen molar-refractivity contribution >= 4 is 17.6 Å². The number of nitrogens with one attached hydrogen (secondary N) is 1. The molecule has 1 saturated carbocycles. The first kappa shape index (κ1) is 21.4. The van der Waals surface area contributed by atoms with Gasteiger partial charge in [0.15, 0.2) is 0 Å². The summed E-state index contributed by atoms with van der Waals surface area (Å²) in [5, 5.41) is 2.27. The highest BCUT2D eigenvalue weighted by atomic mass is 19.3. The van der Waals surface area contributed by atoms with Crippen molar-refractivity contribution in [3.8, 4) is 0 Å². The third-order valence-corrected chi connectivity index (χ3v) is 4.95. The fraction of sp³-hybridized carbons (Fsp3) is 0.824. The van der Waals surface area contributed by atoms with E-state index in [1.807, 2.05) is 6.92 Å². The van der Waals surface area contributed by atoms with Crippen LogP contribution in [0.2, 0.25) is 0 Å². The second-order valence-electron chi connectivity index (χ2n) is 7.04. The Bertz CT molecular complexity index is 531. The highest BCUT2D eigenvalue weighted by Gasteiger charge is 2.63. The molecule has 0 aromatic rings. The Kier molecular flexibility index (Phi) is 6.64. The summed E-state index contributed by atoms with van der Waals surface area (Å²) in [5.41, 5.74) is 1.42. The second-order valence-corrected chi connectivity index (χ2v) is 7.04. The van der Waals surface area contributed by atoms with Gasteiger partial charge in [0.25, 0.3) is 11.8 Å². The van der Waals surface area contributed by atoms with Crippen molar-refractivity contribution in [3.63, 3.8) is 0 Å². The van der Waals surface area contributed by atoms with Gasteiger partial charge in [-0.25, -0.2) is 13.2 Å². The van der Waals surface area contributed by atoms with Crippen LogP contribution >= 0.6 is 0 Å². The van der Waals surface area contributed by atoms with Crippen LogP contribution in [-0.4, -0.2) is 34.7 Å². The summed E-state index contributed by atoms with van der Waals surface area (Å²) in [7, 11) is 0.